The summed E-state index contributed by atoms with van der Waals surface area (Å²) in [7, 11) is 0. The van der Waals surface area contributed by atoms with Crippen LogP contribution in [0.15, 0.2) is 0 Å². The summed E-state index contributed by atoms with van der Waals surface area (Å²) < 4.78 is 0. The molecule has 7 heavy (non-hydrogen) atoms. The van der Waals surface area contributed by atoms with Crippen molar-refractivity contribution in [1.82, 2.24) is 0 Å². The minimum Gasteiger partial charge on any atom is -0.652 e. The fourth-order valence-electron chi connectivity index (χ4n) is 0. The molecule has 6 heteroatoms. The number of carbonyl (C=O) groups is 1. The van der Waals surface area contributed by atoms with Gasteiger partial charge >= 0.3 is 51.9 Å². The first-order chi connectivity index (χ1) is 1.73. The first kappa shape index (κ1) is 24.6. The van der Waals surface area contributed by atoms with Crippen LogP contribution in [0.25, 0.3) is 0 Å². The average molecular weight is 209 g/mol. The monoisotopic (exact) mass is 208 g/mol. The summed E-state index contributed by atoms with van der Waals surface area (Å²) in [5.74, 6) is 0. The molecule has 0 saturated carbocycles. The maximum atomic E-state index is 8.33. The van der Waals surface area contributed by atoms with Gasteiger partial charge in [-0.05, 0) is 6.16 Å². The third-order valence-corrected chi connectivity index (χ3v) is 0. The van der Waals surface area contributed by atoms with Crippen LogP contribution in [0, 0.1) is 0 Å². The Hall–Kier alpha value is 0.970. The molecular formula is CH2AgNaO4. The zero-order valence-corrected chi connectivity index (χ0v) is 7.01. The Labute approximate surface area is 78.0 Å². The molecule has 0 fully saturated rings. The molecule has 0 atom stereocenters. The Balaban J connectivity index is -0.0000000150. The van der Waals surface area contributed by atoms with Crippen molar-refractivity contribution >= 4 is 6.16 Å². The van der Waals surface area contributed by atoms with Gasteiger partial charge in [-0.1, -0.05) is 0 Å². The van der Waals surface area contributed by atoms with E-state index in [4.69, 9.17) is 15.0 Å². The second kappa shape index (κ2) is 15.8. The molecule has 2 N–H and O–H groups in total. The Morgan fingerprint density at radius 3 is 1.29 bits per heavy atom. The van der Waals surface area contributed by atoms with Gasteiger partial charge in [0.25, 0.3) is 0 Å². The second-order valence-electron chi connectivity index (χ2n) is 0.250. The predicted molar refractivity (Wildman–Crippen MR) is 9.01 cm³/mol. The summed E-state index contributed by atoms with van der Waals surface area (Å²) in [6, 6.07) is 0. The van der Waals surface area contributed by atoms with Gasteiger partial charge in [0.1, 0.15) is 0 Å². The molecule has 0 aromatic heterocycles. The fraction of sp³-hybridized carbons (Fsp3) is 0. The number of hydrogen-bond donors (Lipinski definition) is 0. The van der Waals surface area contributed by atoms with Gasteiger partial charge in [0, 0.05) is 0 Å². The molecule has 0 saturated heterocycles. The van der Waals surface area contributed by atoms with Crippen molar-refractivity contribution in [3.63, 3.8) is 0 Å². The maximum Gasteiger partial charge on any atom is 1.00 e. The Bertz CT molecular complexity index is 34.7. The third-order valence-electron chi connectivity index (χ3n) is 0. The molecule has 0 unspecified atom stereocenters. The molecule has 0 radical (unpaired) electrons. The minimum absolute atomic E-state index is 0. The molecule has 0 heterocycles. The van der Waals surface area contributed by atoms with E-state index in [-0.39, 0.29) is 57.4 Å². The van der Waals surface area contributed by atoms with Gasteiger partial charge in [0.15, 0.2) is 0 Å². The van der Waals surface area contributed by atoms with E-state index in [0.717, 1.165) is 0 Å². The Kier molecular flexibility index (Phi) is 55.3. The predicted octanol–water partition coefficient (Wildman–Crippen LogP) is -6.27. The molecule has 0 aliphatic carbocycles. The largest absolute Gasteiger partial charge is 1.00 e. The second-order valence-corrected chi connectivity index (χ2v) is 0.250. The molecule has 0 aliphatic heterocycles. The maximum absolute atomic E-state index is 8.33. The van der Waals surface area contributed by atoms with Crippen LogP contribution < -0.4 is 39.8 Å². The van der Waals surface area contributed by atoms with Gasteiger partial charge in [-0.3, -0.25) is 0 Å². The van der Waals surface area contributed by atoms with Crippen molar-refractivity contribution in [3.05, 3.63) is 0 Å². The van der Waals surface area contributed by atoms with Crippen molar-refractivity contribution in [3.8, 4) is 0 Å². The van der Waals surface area contributed by atoms with Crippen LogP contribution in [0.5, 0.6) is 0 Å². The van der Waals surface area contributed by atoms with Crippen LogP contribution >= 0.6 is 0 Å². The molecule has 0 aromatic carbocycles. The first-order valence-electron chi connectivity index (χ1n) is 0.612. The van der Waals surface area contributed by atoms with Crippen LogP contribution in [0.1, 0.15) is 0 Å². The summed E-state index contributed by atoms with van der Waals surface area (Å²) in [6.45, 7) is 0. The summed E-state index contributed by atoms with van der Waals surface area (Å²) in [6.07, 6.45) is -2.33. The zero-order chi connectivity index (χ0) is 3.58. The van der Waals surface area contributed by atoms with E-state index in [1.165, 1.54) is 0 Å². The molecule has 0 bridgehead atoms. The van der Waals surface area contributed by atoms with E-state index in [1.807, 2.05) is 0 Å². The third kappa shape index (κ3) is 183. The summed E-state index contributed by atoms with van der Waals surface area (Å²) in [5, 5.41) is 16.7. The minimum atomic E-state index is -2.33. The van der Waals surface area contributed by atoms with Gasteiger partial charge in [0.2, 0.25) is 0 Å². The summed E-state index contributed by atoms with van der Waals surface area (Å²) >= 11 is 0. The first-order valence-corrected chi connectivity index (χ1v) is 0.612. The summed E-state index contributed by atoms with van der Waals surface area (Å²) in [5.41, 5.74) is 0. The van der Waals surface area contributed by atoms with E-state index in [2.05, 4.69) is 0 Å². The Morgan fingerprint density at radius 1 is 1.29 bits per heavy atom. The summed E-state index contributed by atoms with van der Waals surface area (Å²) in [4.78, 5) is 8.33. The Morgan fingerprint density at radius 2 is 1.29 bits per heavy atom. The standard InChI is InChI=1S/CH2O3.Ag.Na.H2O/c2-1(3)4;;;/h(H2,2,3,4);;;1H2/q;2*+1;/p-2. The van der Waals surface area contributed by atoms with E-state index in [1.54, 1.807) is 0 Å². The normalized spacial score (nSPS) is 3.43. The van der Waals surface area contributed by atoms with Gasteiger partial charge < -0.3 is 20.5 Å². The smallest absolute Gasteiger partial charge is 0.652 e. The van der Waals surface area contributed by atoms with Crippen molar-refractivity contribution < 1.29 is 72.4 Å². The van der Waals surface area contributed by atoms with E-state index in [0.29, 0.717) is 0 Å². The fourth-order valence-corrected chi connectivity index (χ4v) is 0. The van der Waals surface area contributed by atoms with Gasteiger partial charge in [-0.2, -0.15) is 0 Å². The van der Waals surface area contributed by atoms with Gasteiger partial charge in [-0.15, -0.1) is 0 Å². The molecule has 4 nitrogen and oxygen atoms in total. The van der Waals surface area contributed by atoms with Crippen molar-refractivity contribution in [2.75, 3.05) is 0 Å². The average Bonchev–Trinajstić information content (AvgIpc) is 0.811. The molecular weight excluding hydrogens is 207 g/mol. The molecule has 0 spiro atoms. The van der Waals surface area contributed by atoms with Crippen molar-refractivity contribution in [2.45, 2.75) is 0 Å². The zero-order valence-electron chi connectivity index (χ0n) is 3.53. The van der Waals surface area contributed by atoms with Crippen LogP contribution in [-0.2, 0) is 22.4 Å². The van der Waals surface area contributed by atoms with Crippen LogP contribution in [0.2, 0.25) is 0 Å². The van der Waals surface area contributed by atoms with Gasteiger partial charge in [-0.25, -0.2) is 0 Å². The van der Waals surface area contributed by atoms with E-state index >= 15 is 0 Å². The number of hydrogen-bond acceptors (Lipinski definition) is 3. The van der Waals surface area contributed by atoms with Crippen LogP contribution in [-0.4, -0.2) is 11.6 Å². The van der Waals surface area contributed by atoms with Crippen LogP contribution in [0.3, 0.4) is 0 Å². The van der Waals surface area contributed by atoms with E-state index < -0.39 is 6.16 Å². The SMILES string of the molecule is O.O=C([O-])[O-].[Ag+].[Na+]. The van der Waals surface area contributed by atoms with Gasteiger partial charge in [0.05, 0.1) is 0 Å². The molecule has 0 aromatic rings. The molecule has 0 aliphatic rings. The van der Waals surface area contributed by atoms with Crippen molar-refractivity contribution in [1.29, 1.82) is 0 Å². The number of rotatable bonds is 0. The topological polar surface area (TPSA) is 94.7 Å². The molecule has 0 amide bonds. The number of carboxylic acid groups (broad SMARTS) is 2. The molecule has 42 valence electrons. The van der Waals surface area contributed by atoms with Crippen molar-refractivity contribution in [2.24, 2.45) is 0 Å². The number of carbonyl (C=O) groups excluding carboxylic acids is 1. The van der Waals surface area contributed by atoms with E-state index in [9.17, 15) is 0 Å². The van der Waals surface area contributed by atoms with Crippen LogP contribution in [0.4, 0.5) is 4.79 Å². The quantitative estimate of drug-likeness (QED) is 0.371. The molecule has 0 rings (SSSR count).